The fourth-order valence-corrected chi connectivity index (χ4v) is 3.69. The van der Waals surface area contributed by atoms with E-state index in [2.05, 4.69) is 25.2 Å². The molecule has 1 aromatic carbocycles. The van der Waals surface area contributed by atoms with E-state index in [9.17, 15) is 9.90 Å². The van der Waals surface area contributed by atoms with Crippen LogP contribution < -0.4 is 5.32 Å². The van der Waals surface area contributed by atoms with E-state index >= 15 is 0 Å². The monoisotopic (exact) mass is 430 g/mol. The van der Waals surface area contributed by atoms with Gasteiger partial charge in [0.05, 0.1) is 24.6 Å². The molecule has 1 fully saturated rings. The van der Waals surface area contributed by atoms with Crippen molar-refractivity contribution < 1.29 is 14.6 Å². The van der Waals surface area contributed by atoms with E-state index in [1.807, 2.05) is 18.2 Å². The second-order valence-electron chi connectivity index (χ2n) is 7.54. The minimum atomic E-state index is -0.389. The van der Waals surface area contributed by atoms with Crippen molar-refractivity contribution in [2.24, 2.45) is 0 Å². The van der Waals surface area contributed by atoms with Gasteiger partial charge >= 0.3 is 0 Å². The molecular formula is C23H22N6O3. The van der Waals surface area contributed by atoms with Crippen LogP contribution in [-0.2, 0) is 11.3 Å². The van der Waals surface area contributed by atoms with Gasteiger partial charge in [0.25, 0.3) is 5.91 Å². The molecule has 1 amide bonds. The number of anilines is 1. The number of carbonyl (C=O) groups excluding carboxylic acids is 1. The number of pyridine rings is 1. The predicted octanol–water partition coefficient (Wildman–Crippen LogP) is 2.58. The lowest BCUT2D eigenvalue weighted by molar-refractivity contribution is 0.0337. The molecule has 2 N–H and O–H groups in total. The van der Waals surface area contributed by atoms with Crippen LogP contribution >= 0.6 is 0 Å². The average molecular weight is 430 g/mol. The molecule has 0 radical (unpaired) electrons. The molecule has 0 spiro atoms. The zero-order valence-corrected chi connectivity index (χ0v) is 17.3. The predicted molar refractivity (Wildman–Crippen MR) is 118 cm³/mol. The van der Waals surface area contributed by atoms with Gasteiger partial charge in [-0.05, 0) is 24.3 Å². The number of benzene rings is 1. The lowest BCUT2D eigenvalue weighted by atomic mass is 10.1. The van der Waals surface area contributed by atoms with Crippen LogP contribution in [0.15, 0.2) is 61.1 Å². The maximum atomic E-state index is 13.0. The van der Waals surface area contributed by atoms with Crippen LogP contribution in [0.25, 0.3) is 16.9 Å². The summed E-state index contributed by atoms with van der Waals surface area (Å²) in [5, 5.41) is 12.6. The van der Waals surface area contributed by atoms with Crippen molar-refractivity contribution >= 4 is 17.4 Å². The van der Waals surface area contributed by atoms with Crippen LogP contribution in [0.4, 0.5) is 5.82 Å². The molecule has 4 aromatic rings. The first-order chi connectivity index (χ1) is 15.7. The van der Waals surface area contributed by atoms with Gasteiger partial charge in [0.15, 0.2) is 11.3 Å². The van der Waals surface area contributed by atoms with Crippen LogP contribution in [0.1, 0.15) is 16.2 Å². The summed E-state index contributed by atoms with van der Waals surface area (Å²) in [6.45, 7) is 3.88. The molecule has 4 heterocycles. The number of rotatable bonds is 5. The lowest BCUT2D eigenvalue weighted by Crippen LogP contribution is -2.35. The first kappa shape index (κ1) is 20.1. The Morgan fingerprint density at radius 1 is 1.12 bits per heavy atom. The van der Waals surface area contributed by atoms with Crippen LogP contribution in [0.2, 0.25) is 0 Å². The molecule has 1 aliphatic rings. The Balaban J connectivity index is 1.37. The van der Waals surface area contributed by atoms with Gasteiger partial charge < -0.3 is 19.6 Å². The van der Waals surface area contributed by atoms with E-state index < -0.39 is 0 Å². The number of aromatic nitrogens is 4. The summed E-state index contributed by atoms with van der Waals surface area (Å²) in [6, 6.07) is 12.4. The van der Waals surface area contributed by atoms with Gasteiger partial charge in [0.2, 0.25) is 0 Å². The van der Waals surface area contributed by atoms with E-state index in [0.717, 1.165) is 37.6 Å². The number of ether oxygens (including phenoxy) is 1. The average Bonchev–Trinajstić information content (AvgIpc) is 3.24. The molecule has 0 atom stereocenters. The minimum Gasteiger partial charge on any atom is -0.508 e. The Morgan fingerprint density at radius 2 is 1.97 bits per heavy atom. The van der Waals surface area contributed by atoms with E-state index in [-0.39, 0.29) is 17.4 Å². The van der Waals surface area contributed by atoms with Crippen molar-refractivity contribution in [3.8, 4) is 17.0 Å². The summed E-state index contributed by atoms with van der Waals surface area (Å²) >= 11 is 0. The van der Waals surface area contributed by atoms with Gasteiger partial charge in [0.1, 0.15) is 11.6 Å². The van der Waals surface area contributed by atoms with Gasteiger partial charge in [-0.15, -0.1) is 0 Å². The highest BCUT2D eigenvalue weighted by atomic mass is 16.5. The van der Waals surface area contributed by atoms with Crippen LogP contribution in [0, 0.1) is 0 Å². The highest BCUT2D eigenvalue weighted by molar-refractivity contribution is 6.06. The standard InChI is InChI=1S/C23H22N6O3/c30-18-5-1-3-16(13-18)19-15-29-8-7-24-21(22(29)26-19)23(31)27-20-6-2-4-17(25-20)14-28-9-11-32-12-10-28/h1-8,13,15,30H,9-12,14H2,(H,25,27,31). The first-order valence-electron chi connectivity index (χ1n) is 10.4. The summed E-state index contributed by atoms with van der Waals surface area (Å²) < 4.78 is 7.13. The summed E-state index contributed by atoms with van der Waals surface area (Å²) in [7, 11) is 0. The van der Waals surface area contributed by atoms with E-state index in [4.69, 9.17) is 4.74 Å². The number of amides is 1. The molecule has 1 saturated heterocycles. The van der Waals surface area contributed by atoms with Gasteiger partial charge in [0, 0.05) is 43.8 Å². The maximum absolute atomic E-state index is 13.0. The zero-order valence-electron chi connectivity index (χ0n) is 17.3. The van der Waals surface area contributed by atoms with Crippen molar-refractivity contribution in [2.45, 2.75) is 6.54 Å². The normalized spacial score (nSPS) is 14.5. The fraction of sp³-hybridized carbons (Fsp3) is 0.217. The van der Waals surface area contributed by atoms with E-state index in [0.29, 0.717) is 23.7 Å². The quantitative estimate of drug-likeness (QED) is 0.501. The molecule has 5 rings (SSSR count). The smallest absolute Gasteiger partial charge is 0.279 e. The Bertz CT molecular complexity index is 1270. The molecule has 9 nitrogen and oxygen atoms in total. The van der Waals surface area contributed by atoms with Crippen LogP contribution in [0.5, 0.6) is 5.75 Å². The Kier molecular flexibility index (Phi) is 5.49. The molecule has 162 valence electrons. The number of fused-ring (bicyclic) bond motifs is 1. The van der Waals surface area contributed by atoms with Crippen LogP contribution in [0.3, 0.4) is 0 Å². The van der Waals surface area contributed by atoms with Gasteiger partial charge in [-0.25, -0.2) is 15.0 Å². The number of phenols is 1. The number of imidazole rings is 1. The lowest BCUT2D eigenvalue weighted by Gasteiger charge is -2.26. The molecule has 0 unspecified atom stereocenters. The molecule has 0 aliphatic carbocycles. The largest absolute Gasteiger partial charge is 0.508 e. The number of nitrogens with one attached hydrogen (secondary N) is 1. The molecule has 0 saturated carbocycles. The van der Waals surface area contributed by atoms with Crippen molar-refractivity contribution in [1.82, 2.24) is 24.3 Å². The van der Waals surface area contributed by atoms with Crippen molar-refractivity contribution in [3.05, 3.63) is 72.4 Å². The summed E-state index contributed by atoms with van der Waals surface area (Å²) in [6.07, 6.45) is 5.08. The highest BCUT2D eigenvalue weighted by Crippen LogP contribution is 2.23. The second-order valence-corrected chi connectivity index (χ2v) is 7.54. The molecule has 3 aromatic heterocycles. The summed E-state index contributed by atoms with van der Waals surface area (Å²) in [4.78, 5) is 28.7. The minimum absolute atomic E-state index is 0.152. The number of phenolic OH excluding ortho intramolecular Hbond substituents is 1. The molecule has 1 aliphatic heterocycles. The third kappa shape index (κ3) is 4.29. The topological polar surface area (TPSA) is 105 Å². The number of aromatic hydroxyl groups is 1. The van der Waals surface area contributed by atoms with Crippen molar-refractivity contribution in [1.29, 1.82) is 0 Å². The molecule has 0 bridgehead atoms. The fourth-order valence-electron chi connectivity index (χ4n) is 3.69. The molecule has 32 heavy (non-hydrogen) atoms. The molecule has 9 heteroatoms. The SMILES string of the molecule is O=C(Nc1cccc(CN2CCOCC2)n1)c1nccn2cc(-c3cccc(O)c3)nc12. The van der Waals surface area contributed by atoms with Gasteiger partial charge in [-0.1, -0.05) is 18.2 Å². The summed E-state index contributed by atoms with van der Waals surface area (Å²) in [5.74, 6) is 0.225. The number of carbonyl (C=O) groups is 1. The van der Waals surface area contributed by atoms with Gasteiger partial charge in [-0.2, -0.15) is 0 Å². The highest BCUT2D eigenvalue weighted by Gasteiger charge is 2.17. The van der Waals surface area contributed by atoms with Crippen molar-refractivity contribution in [2.75, 3.05) is 31.6 Å². The van der Waals surface area contributed by atoms with E-state index in [1.54, 1.807) is 47.3 Å². The Labute approximate surface area is 184 Å². The first-order valence-corrected chi connectivity index (χ1v) is 10.4. The number of morpholine rings is 1. The third-order valence-corrected chi connectivity index (χ3v) is 5.27. The number of hydrogen-bond donors (Lipinski definition) is 2. The maximum Gasteiger partial charge on any atom is 0.279 e. The van der Waals surface area contributed by atoms with Crippen LogP contribution in [-0.4, -0.2) is 61.6 Å². The second kappa shape index (κ2) is 8.74. The Hall–Kier alpha value is -3.82. The van der Waals surface area contributed by atoms with E-state index in [1.165, 1.54) is 0 Å². The Morgan fingerprint density at radius 3 is 2.81 bits per heavy atom. The zero-order chi connectivity index (χ0) is 21.9. The van der Waals surface area contributed by atoms with Gasteiger partial charge in [-0.3, -0.25) is 9.69 Å². The summed E-state index contributed by atoms with van der Waals surface area (Å²) in [5.41, 5.74) is 2.88. The molecular weight excluding hydrogens is 408 g/mol. The third-order valence-electron chi connectivity index (χ3n) is 5.27. The van der Waals surface area contributed by atoms with Crippen molar-refractivity contribution in [3.63, 3.8) is 0 Å². The number of nitrogens with zero attached hydrogens (tertiary/aromatic N) is 5. The number of hydrogen-bond acceptors (Lipinski definition) is 7.